The van der Waals surface area contributed by atoms with Crippen LogP contribution in [0.3, 0.4) is 0 Å². The second kappa shape index (κ2) is 1.95. The minimum atomic E-state index is 0. The molecule has 2 aliphatic heterocycles. The van der Waals surface area contributed by atoms with E-state index >= 15 is 0 Å². The van der Waals surface area contributed by atoms with Gasteiger partial charge >= 0.3 is 0 Å². The number of piperazine rings is 1. The van der Waals surface area contributed by atoms with Crippen LogP contribution in [0.1, 0.15) is 14.3 Å². The fourth-order valence-electron chi connectivity index (χ4n) is 1.91. The average Bonchev–Trinajstić information content (AvgIpc) is 2.13. The van der Waals surface area contributed by atoms with Crippen molar-refractivity contribution in [3.8, 4) is 0 Å². The molecule has 0 aromatic rings. The minimum absolute atomic E-state index is 0. The Morgan fingerprint density at radius 1 is 1.70 bits per heavy atom. The Balaban J connectivity index is 0.000000605. The number of carbonyl (C=O) groups excluding carboxylic acids is 1. The van der Waals surface area contributed by atoms with Crippen LogP contribution >= 0.6 is 0 Å². The number of rotatable bonds is 0. The van der Waals surface area contributed by atoms with Gasteiger partial charge in [-0.05, 0) is 19.9 Å². The lowest BCUT2D eigenvalue weighted by atomic mass is 10.2. The quantitative estimate of drug-likeness (QED) is 0.509. The Morgan fingerprint density at radius 3 is 3.20 bits per heavy atom. The third kappa shape index (κ3) is 0.669. The number of likely N-dealkylation sites (N-methyl/N-ethyl adjacent to an activating group) is 1. The molecule has 2 aliphatic rings. The van der Waals surface area contributed by atoms with Crippen LogP contribution in [-0.2, 0) is 4.79 Å². The summed E-state index contributed by atoms with van der Waals surface area (Å²) in [6.45, 7) is 0.853. The monoisotopic (exact) mass is 142 g/mol. The molecule has 3 heteroatoms. The molecule has 3 nitrogen and oxygen atoms in total. The van der Waals surface area contributed by atoms with E-state index in [9.17, 15) is 4.79 Å². The molecule has 0 aliphatic carbocycles. The van der Waals surface area contributed by atoms with Crippen LogP contribution < -0.4 is 5.32 Å². The zero-order valence-electron chi connectivity index (χ0n) is 6.13. The van der Waals surface area contributed by atoms with Gasteiger partial charge in [0.05, 0.1) is 6.04 Å². The summed E-state index contributed by atoms with van der Waals surface area (Å²) in [6, 6.07) is 0.793. The number of nitrogens with zero attached hydrogens (tertiary/aromatic N) is 1. The van der Waals surface area contributed by atoms with Crippen molar-refractivity contribution in [2.24, 2.45) is 0 Å². The maximum atomic E-state index is 11.1. The van der Waals surface area contributed by atoms with Gasteiger partial charge in [0, 0.05) is 14.0 Å². The summed E-state index contributed by atoms with van der Waals surface area (Å²) >= 11 is 0. The fraction of sp³-hybridized carbons (Fsp3) is 0.857. The molecule has 0 radical (unpaired) electrons. The van der Waals surface area contributed by atoms with Crippen molar-refractivity contribution in [1.29, 1.82) is 0 Å². The molecule has 58 valence electrons. The van der Waals surface area contributed by atoms with Gasteiger partial charge in [0.15, 0.2) is 0 Å². The third-order valence-corrected chi connectivity index (χ3v) is 2.66. The van der Waals surface area contributed by atoms with Gasteiger partial charge < -0.3 is 5.32 Å². The minimum Gasteiger partial charge on any atom is -0.353 e. The highest BCUT2D eigenvalue weighted by molar-refractivity contribution is 5.83. The van der Waals surface area contributed by atoms with Crippen LogP contribution in [0.25, 0.3) is 0 Å². The average molecular weight is 142 g/mol. The van der Waals surface area contributed by atoms with E-state index in [2.05, 4.69) is 10.2 Å². The molecule has 2 saturated heterocycles. The molecule has 1 N–H and O–H groups in total. The van der Waals surface area contributed by atoms with Gasteiger partial charge in [-0.1, -0.05) is 0 Å². The summed E-state index contributed by atoms with van der Waals surface area (Å²) in [5.74, 6) is 0.219. The number of fused-ring (bicyclic) bond motifs is 2. The van der Waals surface area contributed by atoms with Gasteiger partial charge in [-0.3, -0.25) is 9.69 Å². The molecule has 0 saturated carbocycles. The molecule has 0 aromatic heterocycles. The lowest BCUT2D eigenvalue weighted by molar-refractivity contribution is -0.127. The van der Waals surface area contributed by atoms with Crippen LogP contribution in [0.2, 0.25) is 0 Å². The first-order valence-corrected chi connectivity index (χ1v) is 3.78. The number of hydrogen-bond acceptors (Lipinski definition) is 2. The molecular weight excluding hydrogens is 128 g/mol. The van der Waals surface area contributed by atoms with Crippen LogP contribution in [0, 0.1) is 0 Å². The summed E-state index contributed by atoms with van der Waals surface area (Å²) in [5, 5.41) is 2.89. The Labute approximate surface area is 61.9 Å². The molecule has 2 fully saturated rings. The van der Waals surface area contributed by atoms with E-state index in [-0.39, 0.29) is 13.4 Å². The van der Waals surface area contributed by atoms with Gasteiger partial charge in [-0.25, -0.2) is 0 Å². The van der Waals surface area contributed by atoms with Gasteiger partial charge in [0.2, 0.25) is 5.91 Å². The van der Waals surface area contributed by atoms with E-state index in [0.717, 1.165) is 13.0 Å². The predicted molar refractivity (Wildman–Crippen MR) is 39.7 cm³/mol. The lowest BCUT2D eigenvalue weighted by Gasteiger charge is -2.30. The molecule has 0 spiro atoms. The topological polar surface area (TPSA) is 32.3 Å². The molecule has 10 heavy (non-hydrogen) atoms. The highest BCUT2D eigenvalue weighted by Crippen LogP contribution is 2.24. The summed E-state index contributed by atoms with van der Waals surface area (Å²) in [4.78, 5) is 13.3. The van der Waals surface area contributed by atoms with Crippen molar-refractivity contribution < 1.29 is 6.22 Å². The first-order valence-electron chi connectivity index (χ1n) is 3.78. The second-order valence-electron chi connectivity index (χ2n) is 3.16. The summed E-state index contributed by atoms with van der Waals surface area (Å²) in [6.07, 6.45) is 2.23. The zero-order valence-corrected chi connectivity index (χ0v) is 6.13. The second-order valence-corrected chi connectivity index (χ2v) is 3.16. The van der Waals surface area contributed by atoms with Crippen molar-refractivity contribution in [1.82, 2.24) is 10.2 Å². The van der Waals surface area contributed by atoms with Crippen molar-refractivity contribution in [3.63, 3.8) is 0 Å². The third-order valence-electron chi connectivity index (χ3n) is 2.66. The van der Waals surface area contributed by atoms with Crippen LogP contribution in [0.4, 0.5) is 0 Å². The van der Waals surface area contributed by atoms with Gasteiger partial charge in [0.25, 0.3) is 0 Å². The maximum absolute atomic E-state index is 11.1. The number of amides is 1. The molecule has 2 rings (SSSR count). The molecule has 0 aromatic carbocycles. The number of hydrogen-bond donors (Lipinski definition) is 1. The van der Waals surface area contributed by atoms with Crippen molar-refractivity contribution in [2.45, 2.75) is 24.9 Å². The molecule has 1 unspecified atom stereocenters. The largest absolute Gasteiger partial charge is 0.353 e. The van der Waals surface area contributed by atoms with Gasteiger partial charge in [-0.2, -0.15) is 0 Å². The van der Waals surface area contributed by atoms with Crippen LogP contribution in [-0.4, -0.2) is 36.5 Å². The summed E-state index contributed by atoms with van der Waals surface area (Å²) < 4.78 is 0. The van der Waals surface area contributed by atoms with E-state index in [1.54, 1.807) is 0 Å². The smallest absolute Gasteiger partial charge is 0.237 e. The number of carbonyl (C=O) groups is 1. The molecule has 1 amide bonds. The SMILES string of the molecule is CN1C2CC[C@@H]1CNC2=O.[HH]. The highest BCUT2D eigenvalue weighted by atomic mass is 16.2. The van der Waals surface area contributed by atoms with Crippen molar-refractivity contribution >= 4 is 5.91 Å². The Bertz CT molecular complexity index is 174. The number of nitrogens with one attached hydrogen (secondary N) is 1. The lowest BCUT2D eigenvalue weighted by Crippen LogP contribution is -2.53. The van der Waals surface area contributed by atoms with Gasteiger partial charge in [-0.15, -0.1) is 0 Å². The van der Waals surface area contributed by atoms with E-state index in [1.807, 2.05) is 7.05 Å². The van der Waals surface area contributed by atoms with E-state index in [0.29, 0.717) is 6.04 Å². The zero-order chi connectivity index (χ0) is 7.14. The van der Waals surface area contributed by atoms with E-state index < -0.39 is 0 Å². The van der Waals surface area contributed by atoms with Gasteiger partial charge in [0.1, 0.15) is 0 Å². The summed E-state index contributed by atoms with van der Waals surface area (Å²) in [5.41, 5.74) is 0. The predicted octanol–water partition coefficient (Wildman–Crippen LogP) is -0.175. The van der Waals surface area contributed by atoms with Crippen LogP contribution in [0.15, 0.2) is 0 Å². The Kier molecular flexibility index (Phi) is 1.20. The molecule has 2 atom stereocenters. The Morgan fingerprint density at radius 2 is 2.50 bits per heavy atom. The molecule has 2 bridgehead atoms. The fourth-order valence-corrected chi connectivity index (χ4v) is 1.91. The first kappa shape index (κ1) is 6.16. The van der Waals surface area contributed by atoms with E-state index in [4.69, 9.17) is 0 Å². The molecule has 2 heterocycles. The standard InChI is InChI=1S/C7H12N2O.H2/c1-9-5-2-3-6(9)7(10)8-4-5;/h5-6H,2-4H2,1H3,(H,8,10);1H/t5-,6?;/m1./s1. The van der Waals surface area contributed by atoms with Crippen molar-refractivity contribution in [2.75, 3.05) is 13.6 Å². The molecular formula is C7H14N2O. The van der Waals surface area contributed by atoms with Crippen molar-refractivity contribution in [3.05, 3.63) is 0 Å². The maximum Gasteiger partial charge on any atom is 0.237 e. The Hall–Kier alpha value is -0.570. The summed E-state index contributed by atoms with van der Waals surface area (Å²) in [7, 11) is 2.04. The first-order chi connectivity index (χ1) is 4.79. The highest BCUT2D eigenvalue weighted by Gasteiger charge is 2.38. The normalized spacial score (nSPS) is 39.9. The van der Waals surface area contributed by atoms with Crippen LogP contribution in [0.5, 0.6) is 0 Å². The van der Waals surface area contributed by atoms with E-state index in [1.165, 1.54) is 6.42 Å².